The van der Waals surface area contributed by atoms with Crippen LogP contribution in [0.3, 0.4) is 0 Å². The van der Waals surface area contributed by atoms with E-state index in [4.69, 9.17) is 12.2 Å². The predicted octanol–water partition coefficient (Wildman–Crippen LogP) is 1.33. The van der Waals surface area contributed by atoms with Crippen molar-refractivity contribution in [2.75, 3.05) is 0 Å². The minimum absolute atomic E-state index is 0.575. The summed E-state index contributed by atoms with van der Waals surface area (Å²) < 4.78 is 1.85. The van der Waals surface area contributed by atoms with Gasteiger partial charge in [0.05, 0.1) is 12.2 Å². The zero-order valence-corrected chi connectivity index (χ0v) is 10.4. The van der Waals surface area contributed by atoms with Gasteiger partial charge in [-0.3, -0.25) is 4.68 Å². The lowest BCUT2D eigenvalue weighted by Crippen LogP contribution is -2.40. The molecule has 1 aromatic heterocycles. The van der Waals surface area contributed by atoms with Gasteiger partial charge in [-0.15, -0.1) is 0 Å². The van der Waals surface area contributed by atoms with Gasteiger partial charge in [-0.1, -0.05) is 12.8 Å². The Morgan fingerprint density at radius 2 is 2.31 bits per heavy atom. The lowest BCUT2D eigenvalue weighted by molar-refractivity contribution is 0.616. The van der Waals surface area contributed by atoms with Crippen molar-refractivity contribution in [2.45, 2.75) is 38.3 Å². The molecule has 2 N–H and O–H groups in total. The van der Waals surface area contributed by atoms with E-state index in [1.807, 2.05) is 17.8 Å². The minimum Gasteiger partial charge on any atom is -0.360 e. The Morgan fingerprint density at radius 1 is 1.56 bits per heavy atom. The highest BCUT2D eigenvalue weighted by atomic mass is 32.1. The maximum absolute atomic E-state index is 5.26. The molecule has 0 saturated heterocycles. The summed E-state index contributed by atoms with van der Waals surface area (Å²) >= 11 is 5.26. The third kappa shape index (κ3) is 2.95. The number of nitrogens with one attached hydrogen (secondary N) is 2. The number of hydrogen-bond acceptors (Lipinski definition) is 2. The molecule has 88 valence electrons. The minimum atomic E-state index is 0.575. The van der Waals surface area contributed by atoms with Crippen molar-refractivity contribution in [1.29, 1.82) is 0 Å². The molecule has 0 aromatic carbocycles. The summed E-state index contributed by atoms with van der Waals surface area (Å²) in [5, 5.41) is 11.4. The normalized spacial score (nSPS) is 16.3. The summed E-state index contributed by atoms with van der Waals surface area (Å²) in [5.41, 5.74) is 1.13. The third-order valence-corrected chi connectivity index (χ3v) is 3.31. The topological polar surface area (TPSA) is 41.9 Å². The molecule has 1 saturated carbocycles. The summed E-state index contributed by atoms with van der Waals surface area (Å²) in [5.74, 6) is 0. The van der Waals surface area contributed by atoms with Crippen LogP contribution in [0.4, 0.5) is 0 Å². The zero-order valence-electron chi connectivity index (χ0n) is 9.57. The van der Waals surface area contributed by atoms with Crippen molar-refractivity contribution >= 4 is 17.3 Å². The van der Waals surface area contributed by atoms with E-state index in [1.54, 1.807) is 6.20 Å². The van der Waals surface area contributed by atoms with Crippen LogP contribution in [0.1, 0.15) is 31.4 Å². The van der Waals surface area contributed by atoms with Crippen LogP contribution >= 0.6 is 12.2 Å². The summed E-state index contributed by atoms with van der Waals surface area (Å²) in [6.45, 7) is 0.731. The van der Waals surface area contributed by atoms with Crippen LogP contribution in [-0.2, 0) is 13.6 Å². The van der Waals surface area contributed by atoms with Crippen molar-refractivity contribution in [1.82, 2.24) is 20.4 Å². The largest absolute Gasteiger partial charge is 0.360 e. The van der Waals surface area contributed by atoms with E-state index in [0.29, 0.717) is 6.04 Å². The molecule has 1 fully saturated rings. The first-order chi connectivity index (χ1) is 7.75. The van der Waals surface area contributed by atoms with Crippen molar-refractivity contribution in [3.63, 3.8) is 0 Å². The summed E-state index contributed by atoms with van der Waals surface area (Å²) in [6.07, 6.45) is 6.93. The highest BCUT2D eigenvalue weighted by Gasteiger charge is 2.15. The first-order valence-electron chi connectivity index (χ1n) is 5.77. The predicted molar refractivity (Wildman–Crippen MR) is 68.0 cm³/mol. The second-order valence-corrected chi connectivity index (χ2v) is 4.66. The average molecular weight is 238 g/mol. The SMILES string of the molecule is Cn1nccc1CNC(=S)NC1CCCC1. The second kappa shape index (κ2) is 5.30. The molecule has 0 spiro atoms. The van der Waals surface area contributed by atoms with Gasteiger partial charge in [-0.2, -0.15) is 5.10 Å². The number of hydrogen-bond donors (Lipinski definition) is 2. The molecule has 0 aliphatic heterocycles. The molecule has 4 nitrogen and oxygen atoms in total. The van der Waals surface area contributed by atoms with Crippen LogP contribution < -0.4 is 10.6 Å². The Kier molecular flexibility index (Phi) is 3.77. The van der Waals surface area contributed by atoms with Crippen LogP contribution in [0.2, 0.25) is 0 Å². The maximum Gasteiger partial charge on any atom is 0.166 e. The Morgan fingerprint density at radius 3 is 2.94 bits per heavy atom. The van der Waals surface area contributed by atoms with Gasteiger partial charge in [-0.05, 0) is 31.1 Å². The van der Waals surface area contributed by atoms with Gasteiger partial charge >= 0.3 is 0 Å². The number of aromatic nitrogens is 2. The van der Waals surface area contributed by atoms with Gasteiger partial charge in [0.1, 0.15) is 0 Å². The van der Waals surface area contributed by atoms with E-state index in [0.717, 1.165) is 17.4 Å². The average Bonchev–Trinajstić information content (AvgIpc) is 2.87. The molecule has 1 aromatic rings. The smallest absolute Gasteiger partial charge is 0.166 e. The van der Waals surface area contributed by atoms with Crippen molar-refractivity contribution in [3.05, 3.63) is 18.0 Å². The third-order valence-electron chi connectivity index (χ3n) is 3.04. The van der Waals surface area contributed by atoms with Crippen molar-refractivity contribution in [2.24, 2.45) is 7.05 Å². The lowest BCUT2D eigenvalue weighted by Gasteiger charge is -2.15. The molecule has 1 heterocycles. The molecular weight excluding hydrogens is 220 g/mol. The Labute approximate surface area is 101 Å². The molecular formula is C11H18N4S. The molecule has 16 heavy (non-hydrogen) atoms. The van der Waals surface area contributed by atoms with Gasteiger partial charge in [-0.25, -0.2) is 0 Å². The molecule has 0 unspecified atom stereocenters. The number of thiocarbonyl (C=S) groups is 1. The first-order valence-corrected chi connectivity index (χ1v) is 6.18. The molecule has 0 amide bonds. The zero-order chi connectivity index (χ0) is 11.4. The van der Waals surface area contributed by atoms with E-state index < -0.39 is 0 Å². The van der Waals surface area contributed by atoms with E-state index in [1.165, 1.54) is 25.7 Å². The van der Waals surface area contributed by atoms with Crippen LogP contribution in [0.25, 0.3) is 0 Å². The van der Waals surface area contributed by atoms with E-state index in [-0.39, 0.29) is 0 Å². The Hall–Kier alpha value is -1.10. The fourth-order valence-corrected chi connectivity index (χ4v) is 2.29. The summed E-state index contributed by atoms with van der Waals surface area (Å²) in [7, 11) is 1.93. The molecule has 2 rings (SSSR count). The molecule has 0 bridgehead atoms. The van der Waals surface area contributed by atoms with E-state index in [2.05, 4.69) is 15.7 Å². The lowest BCUT2D eigenvalue weighted by atomic mass is 10.3. The van der Waals surface area contributed by atoms with Crippen LogP contribution in [-0.4, -0.2) is 20.9 Å². The van der Waals surface area contributed by atoms with E-state index in [9.17, 15) is 0 Å². The van der Waals surface area contributed by atoms with Crippen molar-refractivity contribution < 1.29 is 0 Å². The van der Waals surface area contributed by atoms with Gasteiger partial charge in [0.2, 0.25) is 0 Å². The van der Waals surface area contributed by atoms with Crippen LogP contribution in [0.5, 0.6) is 0 Å². The quantitative estimate of drug-likeness (QED) is 0.780. The molecule has 0 radical (unpaired) electrons. The van der Waals surface area contributed by atoms with Gasteiger partial charge in [0, 0.05) is 19.3 Å². The first kappa shape index (κ1) is 11.4. The number of aryl methyl sites for hydroxylation is 1. The molecule has 0 atom stereocenters. The van der Waals surface area contributed by atoms with Crippen molar-refractivity contribution in [3.8, 4) is 0 Å². The number of nitrogens with zero attached hydrogens (tertiary/aromatic N) is 2. The number of rotatable bonds is 3. The Balaban J connectivity index is 1.73. The van der Waals surface area contributed by atoms with Gasteiger partial charge in [0.25, 0.3) is 0 Å². The Bertz CT molecular complexity index is 355. The van der Waals surface area contributed by atoms with Gasteiger partial charge < -0.3 is 10.6 Å². The fourth-order valence-electron chi connectivity index (χ4n) is 2.05. The standard InChI is InChI=1S/C11H18N4S/c1-15-10(6-7-13-15)8-12-11(16)14-9-4-2-3-5-9/h6-7,9H,2-5,8H2,1H3,(H2,12,14,16). The summed E-state index contributed by atoms with van der Waals surface area (Å²) in [6, 6.07) is 2.57. The van der Waals surface area contributed by atoms with E-state index >= 15 is 0 Å². The molecule has 5 heteroatoms. The molecule has 1 aliphatic carbocycles. The second-order valence-electron chi connectivity index (χ2n) is 4.25. The maximum atomic E-state index is 5.26. The molecule has 1 aliphatic rings. The van der Waals surface area contributed by atoms with Gasteiger partial charge in [0.15, 0.2) is 5.11 Å². The highest BCUT2D eigenvalue weighted by Crippen LogP contribution is 2.17. The van der Waals surface area contributed by atoms with Crippen LogP contribution in [0, 0.1) is 0 Å². The summed E-state index contributed by atoms with van der Waals surface area (Å²) in [4.78, 5) is 0. The monoisotopic (exact) mass is 238 g/mol. The highest BCUT2D eigenvalue weighted by molar-refractivity contribution is 7.80. The van der Waals surface area contributed by atoms with Crippen LogP contribution in [0.15, 0.2) is 12.3 Å². The fraction of sp³-hybridized carbons (Fsp3) is 0.636.